The minimum absolute atomic E-state index is 0.211. The van der Waals surface area contributed by atoms with E-state index < -0.39 is 10.3 Å². The molecule has 0 aromatic carbocycles. The van der Waals surface area contributed by atoms with Crippen molar-refractivity contribution in [2.75, 3.05) is 5.88 Å². The van der Waals surface area contributed by atoms with Gasteiger partial charge in [0, 0.05) is 18.2 Å². The number of nitrogens with zero attached hydrogens (tertiary/aromatic N) is 4. The number of imidazole rings is 1. The van der Waals surface area contributed by atoms with Gasteiger partial charge in [0.2, 0.25) is 5.82 Å². The molecule has 0 amide bonds. The van der Waals surface area contributed by atoms with Crippen LogP contribution in [0.15, 0.2) is 11.4 Å². The van der Waals surface area contributed by atoms with Gasteiger partial charge in [-0.15, -0.1) is 11.6 Å². The third-order valence-corrected chi connectivity index (χ3v) is 3.37. The molecule has 7 nitrogen and oxygen atoms in total. The minimum Gasteiger partial charge on any atom is -0.411 e. The molecule has 1 aromatic rings. The Kier molecular flexibility index (Phi) is 4.28. The van der Waals surface area contributed by atoms with Gasteiger partial charge in [-0.3, -0.25) is 0 Å². The molecule has 0 fully saturated rings. The van der Waals surface area contributed by atoms with E-state index in [0.29, 0.717) is 11.5 Å². The quantitative estimate of drug-likeness (QED) is 0.293. The zero-order valence-corrected chi connectivity index (χ0v) is 11.2. The molecule has 1 heterocycles. The average molecular weight is 275 g/mol. The van der Waals surface area contributed by atoms with Gasteiger partial charge in [-0.05, 0) is 9.91 Å². The second kappa shape index (κ2) is 5.34. The predicted molar refractivity (Wildman–Crippen MR) is 67.3 cm³/mol. The highest BCUT2D eigenvalue weighted by molar-refractivity contribution is 6.20. The number of nitro groups is 1. The largest absolute Gasteiger partial charge is 0.411 e. The summed E-state index contributed by atoms with van der Waals surface area (Å²) in [4.78, 5) is 13.8. The molecule has 0 saturated heterocycles. The van der Waals surface area contributed by atoms with Crippen LogP contribution in [0.2, 0.25) is 0 Å². The molecule has 1 rings (SSSR count). The molecule has 0 bridgehead atoms. The van der Waals surface area contributed by atoms with Gasteiger partial charge in [-0.1, -0.05) is 19.0 Å². The van der Waals surface area contributed by atoms with Crippen LogP contribution in [0.1, 0.15) is 19.7 Å². The molecule has 0 aliphatic heterocycles. The van der Waals surface area contributed by atoms with Gasteiger partial charge in [0.15, 0.2) is 0 Å². The lowest BCUT2D eigenvalue weighted by atomic mass is 9.89. The maximum Gasteiger partial charge on any atom is 0.381 e. The van der Waals surface area contributed by atoms with E-state index in [-0.39, 0.29) is 18.2 Å². The molecular formula is C10H15ClN4O3. The number of hydrogen-bond donors (Lipinski definition) is 1. The summed E-state index contributed by atoms with van der Waals surface area (Å²) in [7, 11) is 0. The molecule has 0 radical (unpaired) electrons. The van der Waals surface area contributed by atoms with Crippen molar-refractivity contribution in [3.8, 4) is 0 Å². The fraction of sp³-hybridized carbons (Fsp3) is 0.600. The molecule has 0 unspecified atom stereocenters. The Bertz CT molecular complexity index is 481. The van der Waals surface area contributed by atoms with Gasteiger partial charge >= 0.3 is 5.82 Å². The minimum atomic E-state index is -0.564. The summed E-state index contributed by atoms with van der Waals surface area (Å²) in [5.41, 5.74) is -0.0604. The fourth-order valence-electron chi connectivity index (χ4n) is 1.36. The molecule has 100 valence electrons. The standard InChI is InChI=1S/C10H15ClN4O3/c1-7-12-9(15(17)18)5-14(7)4-8(13-16)10(2,3)6-11/h5,16H,4,6H2,1-3H3/b13-8+. The number of hydrogen-bond acceptors (Lipinski definition) is 5. The molecule has 0 aliphatic carbocycles. The highest BCUT2D eigenvalue weighted by atomic mass is 35.5. The Hall–Kier alpha value is -1.63. The van der Waals surface area contributed by atoms with Crippen LogP contribution in [-0.2, 0) is 6.54 Å². The summed E-state index contributed by atoms with van der Waals surface area (Å²) < 4.78 is 1.56. The summed E-state index contributed by atoms with van der Waals surface area (Å²) in [6.45, 7) is 5.52. The Morgan fingerprint density at radius 1 is 1.72 bits per heavy atom. The van der Waals surface area contributed by atoms with Crippen LogP contribution in [0.5, 0.6) is 0 Å². The lowest BCUT2D eigenvalue weighted by molar-refractivity contribution is -0.389. The van der Waals surface area contributed by atoms with E-state index >= 15 is 0 Å². The van der Waals surface area contributed by atoms with Crippen LogP contribution < -0.4 is 0 Å². The van der Waals surface area contributed by atoms with Crippen LogP contribution in [0.25, 0.3) is 0 Å². The van der Waals surface area contributed by atoms with Crippen molar-refractivity contribution in [1.29, 1.82) is 0 Å². The number of aryl methyl sites for hydroxylation is 1. The monoisotopic (exact) mass is 274 g/mol. The molecule has 8 heteroatoms. The Morgan fingerprint density at radius 3 is 2.72 bits per heavy atom. The van der Waals surface area contributed by atoms with Crippen LogP contribution in [0.4, 0.5) is 5.82 Å². The van der Waals surface area contributed by atoms with Crippen molar-refractivity contribution < 1.29 is 10.1 Å². The number of alkyl halides is 1. The van der Waals surface area contributed by atoms with Crippen molar-refractivity contribution >= 4 is 23.1 Å². The number of halogens is 1. The third-order valence-electron chi connectivity index (χ3n) is 2.71. The summed E-state index contributed by atoms with van der Waals surface area (Å²) in [6, 6.07) is 0. The van der Waals surface area contributed by atoms with Crippen molar-refractivity contribution in [2.45, 2.75) is 27.3 Å². The maximum absolute atomic E-state index is 10.6. The van der Waals surface area contributed by atoms with Crippen LogP contribution in [0, 0.1) is 22.5 Å². The first-order chi connectivity index (χ1) is 8.31. The highest BCUT2D eigenvalue weighted by Crippen LogP contribution is 2.22. The van der Waals surface area contributed by atoms with Crippen molar-refractivity contribution in [3.63, 3.8) is 0 Å². The second-order valence-electron chi connectivity index (χ2n) is 4.60. The SMILES string of the molecule is Cc1nc([N+](=O)[O-])cn1C/C(=N\O)C(C)(C)CCl. The third kappa shape index (κ3) is 2.98. The van der Waals surface area contributed by atoms with E-state index in [0.717, 1.165) is 0 Å². The number of aromatic nitrogens is 2. The fourth-order valence-corrected chi connectivity index (χ4v) is 1.51. The van der Waals surface area contributed by atoms with Gasteiger partial charge in [-0.2, -0.15) is 0 Å². The van der Waals surface area contributed by atoms with Crippen molar-refractivity contribution in [2.24, 2.45) is 10.6 Å². The molecular weight excluding hydrogens is 260 g/mol. The average Bonchev–Trinajstić information content (AvgIpc) is 2.67. The smallest absolute Gasteiger partial charge is 0.381 e. The van der Waals surface area contributed by atoms with E-state index in [2.05, 4.69) is 10.1 Å². The molecule has 1 aromatic heterocycles. The number of oxime groups is 1. The zero-order chi connectivity index (χ0) is 13.9. The molecule has 18 heavy (non-hydrogen) atoms. The van der Waals surface area contributed by atoms with E-state index in [1.54, 1.807) is 11.5 Å². The first-order valence-electron chi connectivity index (χ1n) is 5.27. The number of rotatable bonds is 5. The lowest BCUT2D eigenvalue weighted by Crippen LogP contribution is -2.30. The summed E-state index contributed by atoms with van der Waals surface area (Å²) in [5, 5.41) is 22.9. The molecule has 0 saturated carbocycles. The van der Waals surface area contributed by atoms with E-state index in [4.69, 9.17) is 16.8 Å². The topological polar surface area (TPSA) is 93.5 Å². The van der Waals surface area contributed by atoms with Crippen molar-refractivity contribution in [3.05, 3.63) is 22.1 Å². The van der Waals surface area contributed by atoms with Crippen molar-refractivity contribution in [1.82, 2.24) is 9.55 Å². The predicted octanol–water partition coefficient (Wildman–Crippen LogP) is 2.19. The van der Waals surface area contributed by atoms with Crippen LogP contribution in [0.3, 0.4) is 0 Å². The van der Waals surface area contributed by atoms with Gasteiger partial charge < -0.3 is 19.9 Å². The van der Waals surface area contributed by atoms with Crippen LogP contribution >= 0.6 is 11.6 Å². The van der Waals surface area contributed by atoms with E-state index in [1.165, 1.54) is 6.20 Å². The summed E-state index contributed by atoms with van der Waals surface area (Å²) >= 11 is 5.80. The van der Waals surface area contributed by atoms with Gasteiger partial charge in [0.1, 0.15) is 6.20 Å². The lowest BCUT2D eigenvalue weighted by Gasteiger charge is -2.22. The van der Waals surface area contributed by atoms with Crippen LogP contribution in [-0.4, -0.2) is 31.3 Å². The first-order valence-corrected chi connectivity index (χ1v) is 5.81. The van der Waals surface area contributed by atoms with E-state index in [9.17, 15) is 10.1 Å². The summed E-state index contributed by atoms with van der Waals surface area (Å²) in [5.74, 6) is 0.532. The highest BCUT2D eigenvalue weighted by Gasteiger charge is 2.27. The van der Waals surface area contributed by atoms with E-state index in [1.807, 2.05) is 13.8 Å². The molecule has 1 N–H and O–H groups in total. The molecule has 0 aliphatic rings. The Morgan fingerprint density at radius 2 is 2.33 bits per heavy atom. The normalized spacial score (nSPS) is 12.8. The molecule has 0 spiro atoms. The second-order valence-corrected chi connectivity index (χ2v) is 4.86. The zero-order valence-electron chi connectivity index (χ0n) is 10.4. The maximum atomic E-state index is 10.6. The van der Waals surface area contributed by atoms with Gasteiger partial charge in [-0.25, -0.2) is 0 Å². The van der Waals surface area contributed by atoms with Gasteiger partial charge in [0.25, 0.3) is 0 Å². The first kappa shape index (κ1) is 14.4. The Balaban J connectivity index is 3.00. The summed E-state index contributed by atoms with van der Waals surface area (Å²) in [6.07, 6.45) is 1.31. The Labute approximate surface area is 109 Å². The molecule has 0 atom stereocenters. The van der Waals surface area contributed by atoms with Gasteiger partial charge in [0.05, 0.1) is 12.3 Å².